The van der Waals surface area contributed by atoms with Crippen molar-refractivity contribution in [1.82, 2.24) is 9.97 Å². The molecule has 0 bridgehead atoms. The molecule has 0 amide bonds. The van der Waals surface area contributed by atoms with Crippen LogP contribution in [0.2, 0.25) is 10.0 Å². The SMILES string of the molecule is CCS(=O)(=O)N(Cc1ccc(C(=O)CN)cn1)c1ccc(C)c(Cl)c1.CCS(=O)(=O)N(Cc1ccc(C(=O)OC)cn1)c1ccc(C)c(Cl)c1. The fourth-order valence-corrected chi connectivity index (χ4v) is 6.84. The maximum atomic E-state index is 12.5. The molecule has 0 spiro atoms. The molecule has 50 heavy (non-hydrogen) atoms. The lowest BCUT2D eigenvalue weighted by molar-refractivity contribution is 0.0600. The van der Waals surface area contributed by atoms with Crippen molar-refractivity contribution in [3.05, 3.63) is 117 Å². The summed E-state index contributed by atoms with van der Waals surface area (Å²) in [5, 5.41) is 0.980. The molecule has 268 valence electrons. The van der Waals surface area contributed by atoms with Gasteiger partial charge in [-0.3, -0.25) is 23.4 Å². The van der Waals surface area contributed by atoms with Crippen LogP contribution in [0.15, 0.2) is 73.1 Å². The molecule has 2 heterocycles. The van der Waals surface area contributed by atoms with Crippen molar-refractivity contribution in [1.29, 1.82) is 0 Å². The Morgan fingerprint density at radius 3 is 1.46 bits per heavy atom. The molecule has 0 saturated heterocycles. The summed E-state index contributed by atoms with van der Waals surface area (Å²) >= 11 is 12.3. The Hall–Kier alpha value is -4.08. The van der Waals surface area contributed by atoms with E-state index in [2.05, 4.69) is 14.7 Å². The van der Waals surface area contributed by atoms with Crippen LogP contribution < -0.4 is 14.3 Å². The molecule has 0 unspecified atom stereocenters. The van der Waals surface area contributed by atoms with Gasteiger partial charge in [-0.05, 0) is 87.4 Å². The van der Waals surface area contributed by atoms with E-state index in [-0.39, 0.29) is 36.9 Å². The minimum absolute atomic E-state index is 0.0387. The lowest BCUT2D eigenvalue weighted by Crippen LogP contribution is -2.32. The third-order valence-corrected chi connectivity index (χ3v) is 11.8. The number of esters is 1. The van der Waals surface area contributed by atoms with E-state index in [9.17, 15) is 26.4 Å². The average molecular weight is 765 g/mol. The number of benzene rings is 2. The van der Waals surface area contributed by atoms with Gasteiger partial charge < -0.3 is 10.5 Å². The summed E-state index contributed by atoms with van der Waals surface area (Å²) in [7, 11) is -5.77. The van der Waals surface area contributed by atoms with Crippen LogP contribution in [0.25, 0.3) is 0 Å². The van der Waals surface area contributed by atoms with Crippen molar-refractivity contribution in [3.8, 4) is 0 Å². The summed E-state index contributed by atoms with van der Waals surface area (Å²) in [4.78, 5) is 31.4. The standard InChI is InChI=1S/C17H20ClN3O3S.C17H19ClN2O4S/c1-3-25(23,24)21(15-7-4-12(2)16(18)8-15)11-14-6-5-13(10-20-14)17(22)9-19;1-4-25(22,23)20(15-8-5-12(2)16(18)9-15)11-14-7-6-13(10-19-14)17(21)24-3/h4-8,10H,3,9,11,19H2,1-2H3;5-10H,4,11H2,1-3H3. The number of rotatable bonds is 13. The second kappa shape index (κ2) is 17.7. The van der Waals surface area contributed by atoms with Crippen molar-refractivity contribution in [2.24, 2.45) is 5.73 Å². The van der Waals surface area contributed by atoms with E-state index in [1.807, 2.05) is 13.8 Å². The number of nitrogens with zero attached hydrogens (tertiary/aromatic N) is 4. The van der Waals surface area contributed by atoms with Gasteiger partial charge in [0, 0.05) is 28.0 Å². The number of nitrogens with two attached hydrogens (primary N) is 1. The minimum Gasteiger partial charge on any atom is -0.465 e. The Morgan fingerprint density at radius 2 is 1.14 bits per heavy atom. The highest BCUT2D eigenvalue weighted by atomic mass is 35.5. The van der Waals surface area contributed by atoms with E-state index in [0.29, 0.717) is 43.9 Å². The predicted octanol–water partition coefficient (Wildman–Crippen LogP) is 5.73. The Labute approximate surface area is 303 Å². The highest BCUT2D eigenvalue weighted by molar-refractivity contribution is 7.93. The zero-order chi connectivity index (χ0) is 37.2. The van der Waals surface area contributed by atoms with Crippen molar-refractivity contribution in [3.63, 3.8) is 0 Å². The number of hydrogen-bond donors (Lipinski definition) is 1. The first-order valence-electron chi connectivity index (χ1n) is 15.3. The number of ether oxygens (including phenoxy) is 1. The summed E-state index contributed by atoms with van der Waals surface area (Å²) in [6.07, 6.45) is 2.77. The van der Waals surface area contributed by atoms with E-state index in [1.165, 1.54) is 28.1 Å². The Bertz CT molecular complexity index is 1880. The van der Waals surface area contributed by atoms with Crippen LogP contribution in [-0.4, -0.2) is 63.7 Å². The number of sulfonamides is 2. The molecule has 2 aromatic heterocycles. The molecule has 0 saturated carbocycles. The first kappa shape index (κ1) is 40.4. The Balaban J connectivity index is 0.000000270. The monoisotopic (exact) mass is 763 g/mol. The van der Waals surface area contributed by atoms with Crippen LogP contribution >= 0.6 is 23.2 Å². The Morgan fingerprint density at radius 1 is 0.720 bits per heavy atom. The second-order valence-corrected chi connectivity index (χ2v) is 16.1. The second-order valence-electron chi connectivity index (χ2n) is 10.9. The van der Waals surface area contributed by atoms with Gasteiger partial charge in [-0.2, -0.15) is 0 Å². The number of hydrogen-bond acceptors (Lipinski definition) is 10. The predicted molar refractivity (Wildman–Crippen MR) is 197 cm³/mol. The van der Waals surface area contributed by atoms with Gasteiger partial charge in [-0.1, -0.05) is 35.3 Å². The number of methoxy groups -OCH3 is 1. The van der Waals surface area contributed by atoms with E-state index in [1.54, 1.807) is 74.5 Å². The molecule has 0 fully saturated rings. The molecule has 0 aliphatic rings. The van der Waals surface area contributed by atoms with Gasteiger partial charge in [0.15, 0.2) is 5.78 Å². The molecule has 12 nitrogen and oxygen atoms in total. The minimum atomic E-state index is -3.53. The third-order valence-electron chi connectivity index (χ3n) is 7.48. The maximum Gasteiger partial charge on any atom is 0.339 e. The fraction of sp³-hybridized carbons (Fsp3) is 0.294. The summed E-state index contributed by atoms with van der Waals surface area (Å²) in [6, 6.07) is 16.6. The molecule has 2 aromatic carbocycles. The van der Waals surface area contributed by atoms with Gasteiger partial charge >= 0.3 is 5.97 Å². The zero-order valence-electron chi connectivity index (χ0n) is 28.3. The largest absolute Gasteiger partial charge is 0.465 e. The molecule has 0 aliphatic carbocycles. The molecule has 0 radical (unpaired) electrons. The Kier molecular flexibility index (Phi) is 14.3. The first-order valence-corrected chi connectivity index (χ1v) is 19.3. The van der Waals surface area contributed by atoms with Crippen molar-refractivity contribution >= 4 is 66.4 Å². The van der Waals surface area contributed by atoms with E-state index < -0.39 is 26.0 Å². The zero-order valence-corrected chi connectivity index (χ0v) is 31.4. The van der Waals surface area contributed by atoms with Crippen LogP contribution in [0.4, 0.5) is 11.4 Å². The summed E-state index contributed by atoms with van der Waals surface area (Å²) in [5.41, 5.74) is 9.70. The van der Waals surface area contributed by atoms with E-state index >= 15 is 0 Å². The van der Waals surface area contributed by atoms with Gasteiger partial charge in [0.2, 0.25) is 20.0 Å². The van der Waals surface area contributed by atoms with Crippen LogP contribution in [0.5, 0.6) is 0 Å². The molecule has 16 heteroatoms. The number of carbonyl (C=O) groups is 2. The lowest BCUT2D eigenvalue weighted by atomic mass is 10.2. The smallest absolute Gasteiger partial charge is 0.339 e. The number of anilines is 2. The fourth-order valence-electron chi connectivity index (χ4n) is 4.34. The van der Waals surface area contributed by atoms with Gasteiger partial charge in [0.05, 0.1) is 66.6 Å². The van der Waals surface area contributed by atoms with E-state index in [0.717, 1.165) is 11.1 Å². The molecular weight excluding hydrogens is 725 g/mol. The first-order chi connectivity index (χ1) is 23.6. The van der Waals surface area contributed by atoms with Gasteiger partial charge in [0.25, 0.3) is 0 Å². The number of aryl methyl sites for hydroxylation is 2. The van der Waals surface area contributed by atoms with E-state index in [4.69, 9.17) is 28.9 Å². The van der Waals surface area contributed by atoms with Gasteiger partial charge in [-0.25, -0.2) is 21.6 Å². The summed E-state index contributed by atoms with van der Waals surface area (Å²) in [6.45, 7) is 6.83. The van der Waals surface area contributed by atoms with Crippen LogP contribution in [0.1, 0.15) is 57.1 Å². The molecule has 0 aliphatic heterocycles. The summed E-state index contributed by atoms with van der Waals surface area (Å²) in [5.74, 6) is -0.828. The lowest BCUT2D eigenvalue weighted by Gasteiger charge is -2.24. The number of ketones is 1. The van der Waals surface area contributed by atoms with Crippen molar-refractivity contribution < 1.29 is 31.2 Å². The number of pyridine rings is 2. The highest BCUT2D eigenvalue weighted by Crippen LogP contribution is 2.28. The highest BCUT2D eigenvalue weighted by Gasteiger charge is 2.24. The molecule has 4 rings (SSSR count). The van der Waals surface area contributed by atoms with Gasteiger partial charge in [-0.15, -0.1) is 0 Å². The number of carbonyl (C=O) groups excluding carboxylic acids is 2. The van der Waals surface area contributed by atoms with Gasteiger partial charge in [0.1, 0.15) is 0 Å². The topological polar surface area (TPSA) is 170 Å². The van der Waals surface area contributed by atoms with Crippen LogP contribution in [0.3, 0.4) is 0 Å². The van der Waals surface area contributed by atoms with Crippen molar-refractivity contribution in [2.45, 2.75) is 40.8 Å². The third kappa shape index (κ3) is 10.5. The summed E-state index contributed by atoms with van der Waals surface area (Å²) < 4.78 is 57.2. The molecule has 2 N–H and O–H groups in total. The normalized spacial score (nSPS) is 11.3. The van der Waals surface area contributed by atoms with Crippen LogP contribution in [-0.2, 0) is 37.9 Å². The molecular formula is C34H39Cl2N5O7S2. The number of aromatic nitrogens is 2. The molecule has 0 atom stereocenters. The van der Waals surface area contributed by atoms with Crippen molar-refractivity contribution in [2.75, 3.05) is 33.8 Å². The van der Waals surface area contributed by atoms with Crippen LogP contribution in [0, 0.1) is 13.8 Å². The maximum absolute atomic E-state index is 12.5. The number of halogens is 2. The quantitative estimate of drug-likeness (QED) is 0.131. The average Bonchev–Trinajstić information content (AvgIpc) is 3.12. The number of Topliss-reactive ketones (excluding diaryl/α,β-unsaturated/α-hetero) is 1. The molecule has 4 aromatic rings.